The maximum Gasteiger partial charge on any atom is 0.323 e. The van der Waals surface area contributed by atoms with Crippen LogP contribution in [0.1, 0.15) is 0 Å². The van der Waals surface area contributed by atoms with Gasteiger partial charge in [0.25, 0.3) is 10.0 Å². The number of halogens is 1. The lowest BCUT2D eigenvalue weighted by atomic mass is 10.2. The number of rotatable bonds is 4. The Bertz CT molecular complexity index is 1260. The second kappa shape index (κ2) is 6.11. The molecule has 0 atom stereocenters. The number of imidazole rings is 1. The lowest BCUT2D eigenvalue weighted by Gasteiger charge is -2.12. The zero-order valence-electron chi connectivity index (χ0n) is 12.9. The van der Waals surface area contributed by atoms with Crippen LogP contribution < -0.4 is 10.4 Å². The average Bonchev–Trinajstić information content (AvgIpc) is 3.22. The zero-order chi connectivity index (χ0) is 18.3. The topological polar surface area (TPSA) is 136 Å². The molecule has 4 rings (SSSR count). The van der Waals surface area contributed by atoms with E-state index in [4.69, 9.17) is 0 Å². The van der Waals surface area contributed by atoms with E-state index in [2.05, 4.69) is 45.8 Å². The minimum absolute atomic E-state index is 0.00683. The van der Waals surface area contributed by atoms with Gasteiger partial charge in [0.05, 0.1) is 16.7 Å². The second-order valence-electron chi connectivity index (χ2n) is 5.39. The molecule has 2 aromatic carbocycles. The number of para-hydroxylation sites is 1. The van der Waals surface area contributed by atoms with Gasteiger partial charge in [0.2, 0.25) is 0 Å². The van der Waals surface area contributed by atoms with E-state index in [1.165, 1.54) is 18.5 Å². The first kappa shape index (κ1) is 16.5. The van der Waals surface area contributed by atoms with Gasteiger partial charge < -0.3 is 9.97 Å². The number of nitrogens with one attached hydrogen (secondary N) is 4. The van der Waals surface area contributed by atoms with Crippen LogP contribution in [0, 0.1) is 0 Å². The molecule has 0 saturated carbocycles. The van der Waals surface area contributed by atoms with Crippen molar-refractivity contribution in [3.05, 3.63) is 57.7 Å². The van der Waals surface area contributed by atoms with Crippen molar-refractivity contribution in [2.75, 3.05) is 4.72 Å². The summed E-state index contributed by atoms with van der Waals surface area (Å²) >= 11 is 3.25. The molecule has 4 N–H and O–H groups in total. The van der Waals surface area contributed by atoms with E-state index in [0.717, 1.165) is 0 Å². The van der Waals surface area contributed by atoms with Crippen LogP contribution in [0.15, 0.2) is 56.9 Å². The fourth-order valence-corrected chi connectivity index (χ4v) is 4.70. The van der Waals surface area contributed by atoms with Crippen molar-refractivity contribution in [2.45, 2.75) is 4.90 Å². The molecule has 0 aliphatic carbocycles. The largest absolute Gasteiger partial charge is 0.323 e. The molecule has 4 aromatic rings. The van der Waals surface area contributed by atoms with Crippen molar-refractivity contribution in [1.29, 1.82) is 0 Å². The molecule has 2 heterocycles. The van der Waals surface area contributed by atoms with Crippen LogP contribution in [-0.4, -0.2) is 33.6 Å². The van der Waals surface area contributed by atoms with Crippen molar-refractivity contribution in [3.63, 3.8) is 0 Å². The Labute approximate surface area is 155 Å². The van der Waals surface area contributed by atoms with Crippen LogP contribution in [-0.2, 0) is 10.0 Å². The Kier molecular flexibility index (Phi) is 3.89. The van der Waals surface area contributed by atoms with E-state index >= 15 is 0 Å². The van der Waals surface area contributed by atoms with E-state index in [9.17, 15) is 13.2 Å². The zero-order valence-corrected chi connectivity index (χ0v) is 15.3. The summed E-state index contributed by atoms with van der Waals surface area (Å²) in [7, 11) is -3.93. The molecule has 0 bridgehead atoms. The van der Waals surface area contributed by atoms with Crippen molar-refractivity contribution < 1.29 is 8.42 Å². The number of hydrogen-bond donors (Lipinski definition) is 4. The van der Waals surface area contributed by atoms with Gasteiger partial charge in [0.15, 0.2) is 5.82 Å². The van der Waals surface area contributed by atoms with Crippen LogP contribution in [0.3, 0.4) is 0 Å². The van der Waals surface area contributed by atoms with Crippen LogP contribution >= 0.6 is 15.9 Å². The lowest BCUT2D eigenvalue weighted by molar-refractivity contribution is 0.601. The summed E-state index contributed by atoms with van der Waals surface area (Å²) in [4.78, 5) is 20.6. The van der Waals surface area contributed by atoms with Gasteiger partial charge in [-0.15, -0.1) is 0 Å². The number of aromatic amines is 3. The summed E-state index contributed by atoms with van der Waals surface area (Å²) in [6.07, 6.45) is 1.34. The number of aromatic nitrogens is 5. The van der Waals surface area contributed by atoms with Crippen molar-refractivity contribution in [2.24, 2.45) is 0 Å². The quantitative estimate of drug-likeness (QED) is 0.390. The number of nitrogens with zero attached hydrogens (tertiary/aromatic N) is 2. The Morgan fingerprint density at radius 2 is 1.81 bits per heavy atom. The molecule has 0 fully saturated rings. The van der Waals surface area contributed by atoms with Gasteiger partial charge in [0, 0.05) is 10.0 Å². The van der Waals surface area contributed by atoms with Crippen molar-refractivity contribution in [1.82, 2.24) is 25.1 Å². The predicted octanol–water partition coefficient (Wildman–Crippen LogP) is 2.20. The van der Waals surface area contributed by atoms with Crippen LogP contribution in [0.25, 0.3) is 22.4 Å². The Hall–Kier alpha value is -2.92. The highest BCUT2D eigenvalue weighted by Crippen LogP contribution is 2.30. The standard InChI is InChI=1S/C15H11BrN6O3S/c16-9-5-11-12(20-15(23)19-11)6-13(9)26(24,25)22-10-4-2-1-3-8(10)14-17-7-18-21-14/h1-7,22H,(H,17,18,21)(H2,19,20,23). The molecule has 0 amide bonds. The number of H-pyrrole nitrogens is 3. The molecule has 26 heavy (non-hydrogen) atoms. The molecule has 0 aliphatic heterocycles. The van der Waals surface area contributed by atoms with Gasteiger partial charge in [-0.05, 0) is 40.2 Å². The first-order valence-corrected chi connectivity index (χ1v) is 9.61. The minimum Gasteiger partial charge on any atom is -0.306 e. The third-order valence-corrected chi connectivity index (χ3v) is 6.02. The van der Waals surface area contributed by atoms with E-state index in [1.807, 2.05) is 0 Å². The third-order valence-electron chi connectivity index (χ3n) is 3.70. The lowest BCUT2D eigenvalue weighted by Crippen LogP contribution is -2.14. The molecular weight excluding hydrogens is 424 g/mol. The van der Waals surface area contributed by atoms with Crippen molar-refractivity contribution in [3.8, 4) is 11.4 Å². The molecule has 132 valence electrons. The fourth-order valence-electron chi connectivity index (χ4n) is 2.56. The maximum absolute atomic E-state index is 12.9. The number of anilines is 1. The molecule has 9 nitrogen and oxygen atoms in total. The minimum atomic E-state index is -3.93. The molecule has 0 saturated heterocycles. The number of hydrogen-bond acceptors (Lipinski definition) is 5. The normalized spacial score (nSPS) is 11.7. The first-order chi connectivity index (χ1) is 12.4. The molecule has 0 radical (unpaired) electrons. The first-order valence-electron chi connectivity index (χ1n) is 7.33. The highest BCUT2D eigenvalue weighted by atomic mass is 79.9. The van der Waals surface area contributed by atoms with Gasteiger partial charge in [-0.1, -0.05) is 12.1 Å². The van der Waals surface area contributed by atoms with Gasteiger partial charge in [-0.2, -0.15) is 5.10 Å². The Morgan fingerprint density at radius 3 is 2.54 bits per heavy atom. The summed E-state index contributed by atoms with van der Waals surface area (Å²) in [5.74, 6) is 0.438. The highest BCUT2D eigenvalue weighted by molar-refractivity contribution is 9.10. The van der Waals surface area contributed by atoms with Crippen molar-refractivity contribution >= 4 is 42.7 Å². The van der Waals surface area contributed by atoms with Gasteiger partial charge in [-0.25, -0.2) is 18.2 Å². The predicted molar refractivity (Wildman–Crippen MR) is 99.2 cm³/mol. The number of fused-ring (bicyclic) bond motifs is 1. The fraction of sp³-hybridized carbons (Fsp3) is 0. The highest BCUT2D eigenvalue weighted by Gasteiger charge is 2.21. The molecule has 2 aromatic heterocycles. The second-order valence-corrected chi connectivity index (χ2v) is 7.90. The summed E-state index contributed by atoms with van der Waals surface area (Å²) in [6, 6.07) is 9.74. The smallest absolute Gasteiger partial charge is 0.306 e. The Balaban J connectivity index is 1.80. The summed E-state index contributed by atoms with van der Waals surface area (Å²) in [5, 5.41) is 6.50. The van der Waals surface area contributed by atoms with E-state index in [-0.39, 0.29) is 4.90 Å². The van der Waals surface area contributed by atoms with E-state index in [0.29, 0.717) is 32.6 Å². The van der Waals surface area contributed by atoms with Crippen LogP contribution in [0.4, 0.5) is 5.69 Å². The van der Waals surface area contributed by atoms with Crippen LogP contribution in [0.2, 0.25) is 0 Å². The molecule has 0 unspecified atom stereocenters. The van der Waals surface area contributed by atoms with E-state index in [1.54, 1.807) is 24.3 Å². The molecule has 0 aliphatic rings. The third kappa shape index (κ3) is 2.91. The van der Waals surface area contributed by atoms with Gasteiger partial charge in [-0.3, -0.25) is 9.82 Å². The molecular formula is C15H11BrN6O3S. The molecule has 11 heteroatoms. The number of sulfonamides is 1. The maximum atomic E-state index is 12.9. The average molecular weight is 435 g/mol. The van der Waals surface area contributed by atoms with Crippen LogP contribution in [0.5, 0.6) is 0 Å². The summed E-state index contributed by atoms with van der Waals surface area (Å²) in [6.45, 7) is 0. The number of benzene rings is 2. The summed E-state index contributed by atoms with van der Waals surface area (Å²) < 4.78 is 28.7. The summed E-state index contributed by atoms with van der Waals surface area (Å²) in [5.41, 5.74) is 1.38. The molecule has 0 spiro atoms. The van der Waals surface area contributed by atoms with Gasteiger partial charge in [0.1, 0.15) is 11.2 Å². The van der Waals surface area contributed by atoms with E-state index < -0.39 is 15.7 Å². The monoisotopic (exact) mass is 434 g/mol. The van der Waals surface area contributed by atoms with Gasteiger partial charge >= 0.3 is 5.69 Å². The SMILES string of the molecule is O=c1[nH]c2cc(Br)c(S(=O)(=O)Nc3ccccc3-c3ncn[nH]3)cc2[nH]1. The Morgan fingerprint density at radius 1 is 1.08 bits per heavy atom.